The summed E-state index contributed by atoms with van der Waals surface area (Å²) in [5.74, 6) is 0.640. The zero-order valence-electron chi connectivity index (χ0n) is 10.7. The molecule has 2 aromatic carbocycles. The standard InChI is InChI=1S/C15H15N3O/c1-2-16-18-12-7-5-6-11(10-12)15-17-13-8-3-4-9-14(13)19-15/h3-10,16,18H,2H2,1H3. The Labute approximate surface area is 111 Å². The summed E-state index contributed by atoms with van der Waals surface area (Å²) in [5.41, 5.74) is 9.82. The first-order valence-corrected chi connectivity index (χ1v) is 6.31. The van der Waals surface area contributed by atoms with Gasteiger partial charge in [-0.05, 0) is 30.3 Å². The lowest BCUT2D eigenvalue weighted by molar-refractivity contribution is 0.620. The first kappa shape index (κ1) is 11.7. The molecule has 3 aromatic rings. The van der Waals surface area contributed by atoms with Crippen LogP contribution in [0.2, 0.25) is 0 Å². The number of fused-ring (bicyclic) bond motifs is 1. The number of nitrogens with one attached hydrogen (secondary N) is 2. The zero-order chi connectivity index (χ0) is 13.1. The van der Waals surface area contributed by atoms with Gasteiger partial charge in [-0.2, -0.15) is 0 Å². The fourth-order valence-corrected chi connectivity index (χ4v) is 1.92. The molecule has 0 saturated carbocycles. The third-order valence-corrected chi connectivity index (χ3v) is 2.81. The number of para-hydroxylation sites is 2. The molecule has 0 amide bonds. The molecular formula is C15H15N3O. The molecule has 19 heavy (non-hydrogen) atoms. The number of oxazole rings is 1. The molecule has 0 saturated heterocycles. The van der Waals surface area contributed by atoms with E-state index in [0.717, 1.165) is 28.9 Å². The van der Waals surface area contributed by atoms with Crippen molar-refractivity contribution in [3.05, 3.63) is 48.5 Å². The molecule has 0 unspecified atom stereocenters. The number of benzene rings is 2. The van der Waals surface area contributed by atoms with Gasteiger partial charge < -0.3 is 9.84 Å². The molecule has 0 aliphatic carbocycles. The Hall–Kier alpha value is -2.33. The minimum atomic E-state index is 0.640. The summed E-state index contributed by atoms with van der Waals surface area (Å²) in [6.07, 6.45) is 0. The quantitative estimate of drug-likeness (QED) is 0.699. The Bertz CT molecular complexity index is 657. The average molecular weight is 253 g/mol. The van der Waals surface area contributed by atoms with E-state index in [1.807, 2.05) is 55.5 Å². The van der Waals surface area contributed by atoms with Crippen molar-refractivity contribution in [1.29, 1.82) is 0 Å². The summed E-state index contributed by atoms with van der Waals surface area (Å²) in [6, 6.07) is 15.7. The number of hydrogen-bond donors (Lipinski definition) is 2. The Balaban J connectivity index is 1.96. The summed E-state index contributed by atoms with van der Waals surface area (Å²) in [7, 11) is 0. The highest BCUT2D eigenvalue weighted by atomic mass is 16.3. The van der Waals surface area contributed by atoms with Crippen molar-refractivity contribution in [2.45, 2.75) is 6.92 Å². The van der Waals surface area contributed by atoms with Crippen LogP contribution >= 0.6 is 0 Å². The van der Waals surface area contributed by atoms with Gasteiger partial charge in [0.25, 0.3) is 0 Å². The number of aromatic nitrogens is 1. The van der Waals surface area contributed by atoms with Crippen LogP contribution in [0.4, 0.5) is 5.69 Å². The van der Waals surface area contributed by atoms with Gasteiger partial charge in [0, 0.05) is 17.8 Å². The number of nitrogens with zero attached hydrogens (tertiary/aromatic N) is 1. The third kappa shape index (κ3) is 2.44. The van der Waals surface area contributed by atoms with Gasteiger partial charge in [0.1, 0.15) is 5.52 Å². The summed E-state index contributed by atoms with van der Waals surface area (Å²) in [4.78, 5) is 4.49. The molecule has 4 heteroatoms. The average Bonchev–Trinajstić information content (AvgIpc) is 2.89. The monoisotopic (exact) mass is 253 g/mol. The van der Waals surface area contributed by atoms with Gasteiger partial charge >= 0.3 is 0 Å². The van der Waals surface area contributed by atoms with Crippen LogP contribution in [0, 0.1) is 0 Å². The first-order valence-electron chi connectivity index (χ1n) is 6.31. The summed E-state index contributed by atoms with van der Waals surface area (Å²) in [5, 5.41) is 0. The van der Waals surface area contributed by atoms with E-state index < -0.39 is 0 Å². The number of rotatable bonds is 4. The topological polar surface area (TPSA) is 50.1 Å². The van der Waals surface area contributed by atoms with Crippen molar-refractivity contribution in [1.82, 2.24) is 10.4 Å². The maximum atomic E-state index is 5.75. The first-order chi connectivity index (χ1) is 9.36. The van der Waals surface area contributed by atoms with Crippen LogP contribution in [-0.2, 0) is 0 Å². The number of hydrazine groups is 1. The molecule has 0 spiro atoms. The normalized spacial score (nSPS) is 10.8. The van der Waals surface area contributed by atoms with Crippen LogP contribution in [0.1, 0.15) is 6.92 Å². The lowest BCUT2D eigenvalue weighted by atomic mass is 10.2. The van der Waals surface area contributed by atoms with Crippen molar-refractivity contribution in [3.8, 4) is 11.5 Å². The van der Waals surface area contributed by atoms with Crippen LogP contribution in [0.3, 0.4) is 0 Å². The molecule has 4 nitrogen and oxygen atoms in total. The molecule has 1 heterocycles. The highest BCUT2D eigenvalue weighted by molar-refractivity contribution is 5.76. The van der Waals surface area contributed by atoms with Crippen molar-refractivity contribution in [2.24, 2.45) is 0 Å². The predicted molar refractivity (Wildman–Crippen MR) is 76.7 cm³/mol. The van der Waals surface area contributed by atoms with E-state index in [4.69, 9.17) is 4.42 Å². The molecule has 96 valence electrons. The Morgan fingerprint density at radius 3 is 2.84 bits per heavy atom. The van der Waals surface area contributed by atoms with Crippen LogP contribution in [0.25, 0.3) is 22.6 Å². The molecule has 0 radical (unpaired) electrons. The molecule has 0 bridgehead atoms. The van der Waals surface area contributed by atoms with Gasteiger partial charge in [-0.3, -0.25) is 0 Å². The van der Waals surface area contributed by atoms with Gasteiger partial charge in [0.15, 0.2) is 5.58 Å². The number of hydrogen-bond acceptors (Lipinski definition) is 4. The Morgan fingerprint density at radius 1 is 1.11 bits per heavy atom. The summed E-state index contributed by atoms with van der Waals surface area (Å²) in [6.45, 7) is 2.89. The largest absolute Gasteiger partial charge is 0.436 e. The zero-order valence-corrected chi connectivity index (χ0v) is 10.7. The van der Waals surface area contributed by atoms with Gasteiger partial charge in [-0.1, -0.05) is 25.1 Å². The fraction of sp³-hybridized carbons (Fsp3) is 0.133. The lowest BCUT2D eigenvalue weighted by Crippen LogP contribution is -2.20. The highest BCUT2D eigenvalue weighted by Gasteiger charge is 2.07. The van der Waals surface area contributed by atoms with Crippen molar-refractivity contribution in [3.63, 3.8) is 0 Å². The van der Waals surface area contributed by atoms with E-state index in [2.05, 4.69) is 15.8 Å². The second-order valence-corrected chi connectivity index (χ2v) is 4.22. The van der Waals surface area contributed by atoms with E-state index in [0.29, 0.717) is 5.89 Å². The predicted octanol–water partition coefficient (Wildman–Crippen LogP) is 3.43. The molecule has 0 aliphatic rings. The fourth-order valence-electron chi connectivity index (χ4n) is 1.92. The van der Waals surface area contributed by atoms with E-state index in [-0.39, 0.29) is 0 Å². The van der Waals surface area contributed by atoms with Gasteiger partial charge in [0.05, 0.1) is 0 Å². The van der Waals surface area contributed by atoms with Crippen LogP contribution in [0.15, 0.2) is 52.9 Å². The molecule has 0 atom stereocenters. The van der Waals surface area contributed by atoms with Crippen molar-refractivity contribution in [2.75, 3.05) is 12.0 Å². The van der Waals surface area contributed by atoms with Crippen molar-refractivity contribution < 1.29 is 4.42 Å². The smallest absolute Gasteiger partial charge is 0.227 e. The van der Waals surface area contributed by atoms with E-state index in [1.54, 1.807) is 0 Å². The van der Waals surface area contributed by atoms with Crippen LogP contribution in [0.5, 0.6) is 0 Å². The molecule has 0 aliphatic heterocycles. The maximum Gasteiger partial charge on any atom is 0.227 e. The number of anilines is 1. The van der Waals surface area contributed by atoms with Crippen molar-refractivity contribution >= 4 is 16.8 Å². The second kappa shape index (κ2) is 5.12. The molecule has 2 N–H and O–H groups in total. The van der Waals surface area contributed by atoms with Crippen LogP contribution < -0.4 is 10.9 Å². The van der Waals surface area contributed by atoms with E-state index in [9.17, 15) is 0 Å². The minimum Gasteiger partial charge on any atom is -0.436 e. The SMILES string of the molecule is CCNNc1cccc(-c2nc3ccccc3o2)c1. The van der Waals surface area contributed by atoms with Gasteiger partial charge in [-0.25, -0.2) is 10.4 Å². The van der Waals surface area contributed by atoms with Gasteiger partial charge in [0.2, 0.25) is 5.89 Å². The Kier molecular flexibility index (Phi) is 3.16. The van der Waals surface area contributed by atoms with E-state index >= 15 is 0 Å². The van der Waals surface area contributed by atoms with Gasteiger partial charge in [-0.15, -0.1) is 0 Å². The second-order valence-electron chi connectivity index (χ2n) is 4.22. The summed E-state index contributed by atoms with van der Waals surface area (Å²) >= 11 is 0. The maximum absolute atomic E-state index is 5.75. The molecule has 0 fully saturated rings. The third-order valence-electron chi connectivity index (χ3n) is 2.81. The molecule has 1 aromatic heterocycles. The summed E-state index contributed by atoms with van der Waals surface area (Å²) < 4.78 is 5.75. The Morgan fingerprint density at radius 2 is 2.00 bits per heavy atom. The molecular weight excluding hydrogens is 238 g/mol. The van der Waals surface area contributed by atoms with E-state index in [1.165, 1.54) is 0 Å². The lowest BCUT2D eigenvalue weighted by Gasteiger charge is -2.06. The minimum absolute atomic E-state index is 0.640. The van der Waals surface area contributed by atoms with Crippen LogP contribution in [-0.4, -0.2) is 11.5 Å². The molecule has 3 rings (SSSR count). The highest BCUT2D eigenvalue weighted by Crippen LogP contribution is 2.25.